The van der Waals surface area contributed by atoms with Crippen molar-refractivity contribution in [2.45, 2.75) is 31.4 Å². The first-order chi connectivity index (χ1) is 4.47. The van der Waals surface area contributed by atoms with Gasteiger partial charge in [-0.3, -0.25) is 0 Å². The van der Waals surface area contributed by atoms with E-state index in [4.69, 9.17) is 4.74 Å². The summed E-state index contributed by atoms with van der Waals surface area (Å²) in [4.78, 5) is 0. The lowest BCUT2D eigenvalue weighted by atomic mass is 10.0. The molecule has 0 saturated carbocycles. The van der Waals surface area contributed by atoms with Crippen LogP contribution in [0.25, 0.3) is 0 Å². The Morgan fingerprint density at radius 3 is 3.11 bits per heavy atom. The van der Waals surface area contributed by atoms with Gasteiger partial charge in [-0.15, -0.1) is 0 Å². The molecule has 2 rings (SSSR count). The minimum absolute atomic E-state index is 0.562. The van der Waals surface area contributed by atoms with Crippen molar-refractivity contribution in [1.29, 1.82) is 0 Å². The Morgan fingerprint density at radius 1 is 1.33 bits per heavy atom. The van der Waals surface area contributed by atoms with Gasteiger partial charge in [0.05, 0.1) is 18.8 Å². The second kappa shape index (κ2) is 2.27. The van der Waals surface area contributed by atoms with Gasteiger partial charge >= 0.3 is 0 Å². The zero-order valence-electron chi connectivity index (χ0n) is 5.60. The van der Waals surface area contributed by atoms with Crippen molar-refractivity contribution in [2.24, 2.45) is 0 Å². The fraction of sp³-hybridized carbons (Fsp3) is 1.00. The van der Waals surface area contributed by atoms with Crippen molar-refractivity contribution in [3.05, 3.63) is 0 Å². The van der Waals surface area contributed by atoms with Crippen LogP contribution in [0.15, 0.2) is 0 Å². The average Bonchev–Trinajstić information content (AvgIpc) is 1.94. The Morgan fingerprint density at radius 2 is 2.33 bits per heavy atom. The molecule has 0 bridgehead atoms. The van der Waals surface area contributed by atoms with E-state index in [1.165, 1.54) is 25.8 Å². The molecule has 0 amide bonds. The Kier molecular flexibility index (Phi) is 1.44. The molecule has 2 fully saturated rings. The van der Waals surface area contributed by atoms with Gasteiger partial charge in [0.1, 0.15) is 0 Å². The van der Waals surface area contributed by atoms with Gasteiger partial charge in [-0.2, -0.15) is 0 Å². The highest BCUT2D eigenvalue weighted by molar-refractivity contribution is 4.86. The molecule has 2 atom stereocenters. The normalized spacial score (nSPS) is 42.7. The van der Waals surface area contributed by atoms with Gasteiger partial charge < -0.3 is 10.1 Å². The molecular formula is C7H13NO. The third kappa shape index (κ3) is 0.970. The van der Waals surface area contributed by atoms with E-state index in [1.807, 2.05) is 0 Å². The van der Waals surface area contributed by atoms with Crippen molar-refractivity contribution >= 4 is 0 Å². The summed E-state index contributed by atoms with van der Waals surface area (Å²) in [7, 11) is 0. The van der Waals surface area contributed by atoms with Crippen molar-refractivity contribution < 1.29 is 4.74 Å². The largest absolute Gasteiger partial charge is 0.375 e. The summed E-state index contributed by atoms with van der Waals surface area (Å²) < 4.78 is 5.35. The topological polar surface area (TPSA) is 21.3 Å². The van der Waals surface area contributed by atoms with E-state index in [-0.39, 0.29) is 0 Å². The number of hydrogen-bond acceptors (Lipinski definition) is 2. The molecule has 52 valence electrons. The van der Waals surface area contributed by atoms with Gasteiger partial charge in [-0.05, 0) is 25.8 Å². The van der Waals surface area contributed by atoms with Gasteiger partial charge in [-0.25, -0.2) is 0 Å². The molecule has 2 aliphatic rings. The van der Waals surface area contributed by atoms with Crippen molar-refractivity contribution in [3.8, 4) is 0 Å². The van der Waals surface area contributed by atoms with E-state index in [1.54, 1.807) is 0 Å². The van der Waals surface area contributed by atoms with Crippen LogP contribution in [0, 0.1) is 0 Å². The van der Waals surface area contributed by atoms with Crippen molar-refractivity contribution in [2.75, 3.05) is 13.2 Å². The first kappa shape index (κ1) is 5.69. The third-order valence-electron chi connectivity index (χ3n) is 2.26. The second-order valence-corrected chi connectivity index (χ2v) is 2.93. The van der Waals surface area contributed by atoms with Crippen LogP contribution in [-0.4, -0.2) is 25.3 Å². The fourth-order valence-corrected chi connectivity index (χ4v) is 1.56. The molecule has 0 spiro atoms. The zero-order valence-corrected chi connectivity index (χ0v) is 5.60. The summed E-state index contributed by atoms with van der Waals surface area (Å²) in [6, 6.07) is 0.701. The van der Waals surface area contributed by atoms with Crippen molar-refractivity contribution in [3.63, 3.8) is 0 Å². The quantitative estimate of drug-likeness (QED) is 0.512. The molecule has 0 aromatic carbocycles. The molecule has 2 unspecified atom stereocenters. The van der Waals surface area contributed by atoms with Crippen LogP contribution >= 0.6 is 0 Å². The van der Waals surface area contributed by atoms with E-state index in [9.17, 15) is 0 Å². The van der Waals surface area contributed by atoms with Crippen LogP contribution in [0.2, 0.25) is 0 Å². The number of nitrogens with one attached hydrogen (secondary N) is 1. The maximum absolute atomic E-state index is 5.35. The smallest absolute Gasteiger partial charge is 0.0751 e. The van der Waals surface area contributed by atoms with Crippen LogP contribution in [0.3, 0.4) is 0 Å². The molecule has 0 aromatic heterocycles. The van der Waals surface area contributed by atoms with E-state index in [0.717, 1.165) is 6.61 Å². The Hall–Kier alpha value is -0.0800. The number of rotatable bonds is 0. The molecule has 2 heterocycles. The maximum Gasteiger partial charge on any atom is 0.0751 e. The van der Waals surface area contributed by atoms with Crippen LogP contribution < -0.4 is 5.32 Å². The first-order valence-corrected chi connectivity index (χ1v) is 3.82. The predicted molar refractivity (Wildman–Crippen MR) is 35.4 cm³/mol. The lowest BCUT2D eigenvalue weighted by molar-refractivity contribution is -0.0854. The molecule has 2 saturated heterocycles. The molecule has 2 aliphatic heterocycles. The minimum atomic E-state index is 0.562. The Bertz CT molecular complexity index is 93.1. The van der Waals surface area contributed by atoms with Gasteiger partial charge in [0, 0.05) is 0 Å². The van der Waals surface area contributed by atoms with E-state index in [2.05, 4.69) is 5.32 Å². The first-order valence-electron chi connectivity index (χ1n) is 3.82. The third-order valence-corrected chi connectivity index (χ3v) is 2.26. The molecule has 1 N–H and O–H groups in total. The number of fused-ring (bicyclic) bond motifs is 1. The molecule has 9 heavy (non-hydrogen) atoms. The van der Waals surface area contributed by atoms with Crippen LogP contribution in [-0.2, 0) is 4.74 Å². The number of ether oxygens (including phenoxy) is 1. The van der Waals surface area contributed by atoms with Gasteiger partial charge in [0.25, 0.3) is 0 Å². The summed E-state index contributed by atoms with van der Waals surface area (Å²) in [5, 5.41) is 3.46. The Labute approximate surface area is 55.6 Å². The highest BCUT2D eigenvalue weighted by Gasteiger charge is 2.32. The minimum Gasteiger partial charge on any atom is -0.375 e. The van der Waals surface area contributed by atoms with Crippen LogP contribution in [0.4, 0.5) is 0 Å². The van der Waals surface area contributed by atoms with Crippen molar-refractivity contribution in [1.82, 2.24) is 5.32 Å². The molecular weight excluding hydrogens is 114 g/mol. The summed E-state index contributed by atoms with van der Waals surface area (Å²) in [5.74, 6) is 0. The standard InChI is InChI=1S/C7H13NO/c1-2-4-8-6-5-9-7(6)3-1/h6-8H,1-5H2. The van der Waals surface area contributed by atoms with E-state index < -0.39 is 0 Å². The number of hydrogen-bond donors (Lipinski definition) is 1. The monoisotopic (exact) mass is 127 g/mol. The summed E-state index contributed by atoms with van der Waals surface area (Å²) in [5.41, 5.74) is 0. The second-order valence-electron chi connectivity index (χ2n) is 2.93. The predicted octanol–water partition coefficient (Wildman–Crippen LogP) is 0.527. The molecule has 0 aliphatic carbocycles. The highest BCUT2D eigenvalue weighted by atomic mass is 16.5. The highest BCUT2D eigenvalue weighted by Crippen LogP contribution is 2.20. The van der Waals surface area contributed by atoms with Gasteiger partial charge in [0.15, 0.2) is 0 Å². The Balaban J connectivity index is 1.90. The summed E-state index contributed by atoms with van der Waals surface area (Å²) in [6.45, 7) is 2.15. The lowest BCUT2D eigenvalue weighted by Crippen LogP contribution is -2.52. The zero-order chi connectivity index (χ0) is 6.10. The molecule has 0 radical (unpaired) electrons. The van der Waals surface area contributed by atoms with Gasteiger partial charge in [-0.1, -0.05) is 0 Å². The lowest BCUT2D eigenvalue weighted by Gasteiger charge is -2.35. The van der Waals surface area contributed by atoms with E-state index in [0.29, 0.717) is 12.1 Å². The summed E-state index contributed by atoms with van der Waals surface area (Å²) >= 11 is 0. The van der Waals surface area contributed by atoms with Gasteiger partial charge in [0.2, 0.25) is 0 Å². The molecule has 2 nitrogen and oxygen atoms in total. The maximum atomic E-state index is 5.35. The fourth-order valence-electron chi connectivity index (χ4n) is 1.56. The average molecular weight is 127 g/mol. The molecule has 0 aromatic rings. The van der Waals surface area contributed by atoms with E-state index >= 15 is 0 Å². The summed E-state index contributed by atoms with van der Waals surface area (Å²) in [6.07, 6.45) is 4.51. The molecule has 2 heteroatoms. The van der Waals surface area contributed by atoms with Crippen LogP contribution in [0.5, 0.6) is 0 Å². The van der Waals surface area contributed by atoms with Crippen LogP contribution in [0.1, 0.15) is 19.3 Å². The SMILES string of the molecule is C1CCC2OCC2NC1.